The van der Waals surface area contributed by atoms with Gasteiger partial charge < -0.3 is 4.74 Å². The van der Waals surface area contributed by atoms with Crippen LogP contribution < -0.4 is 9.30 Å². The molecule has 2 aliphatic carbocycles. The normalized spacial score (nSPS) is 29.3. The van der Waals surface area contributed by atoms with E-state index in [2.05, 4.69) is 27.1 Å². The number of imidazole rings is 1. The maximum atomic E-state index is 10.4. The molecule has 10 aromatic rings. The van der Waals surface area contributed by atoms with E-state index in [1.807, 2.05) is 47.0 Å². The molecular weight excluding hydrogens is 901 g/mol. The molecule has 74 heavy (non-hydrogen) atoms. The Morgan fingerprint density at radius 3 is 2.00 bits per heavy atom. The molecule has 0 N–H and O–H groups in total. The molecule has 2 aliphatic rings. The summed E-state index contributed by atoms with van der Waals surface area (Å²) in [5.41, 5.74) is -28.2. The van der Waals surface area contributed by atoms with Crippen molar-refractivity contribution in [2.24, 2.45) is 0 Å². The smallest absolute Gasteiger partial charge is 0.269 e. The molecule has 0 fully saturated rings. The highest BCUT2D eigenvalue weighted by Gasteiger charge is 2.40. The van der Waals surface area contributed by atoms with Crippen molar-refractivity contribution in [2.45, 2.75) is 135 Å². The summed E-state index contributed by atoms with van der Waals surface area (Å²) < 4.78 is 356. The summed E-state index contributed by atoms with van der Waals surface area (Å²) in [6.45, 7) is -24.8. The molecule has 372 valence electrons. The molecular formula is C69H70N4O. The Morgan fingerprint density at radius 1 is 0.649 bits per heavy atom. The Morgan fingerprint density at radius 2 is 1.28 bits per heavy atom. The van der Waals surface area contributed by atoms with Crippen molar-refractivity contribution in [2.75, 3.05) is 0 Å². The van der Waals surface area contributed by atoms with Crippen LogP contribution in [0.15, 0.2) is 164 Å². The van der Waals surface area contributed by atoms with Gasteiger partial charge in [0.1, 0.15) is 17.3 Å². The van der Waals surface area contributed by atoms with E-state index in [1.54, 1.807) is 36.5 Å². The number of ether oxygens (including phenoxy) is 1. The topological polar surface area (TPSA) is 35.9 Å². The summed E-state index contributed by atoms with van der Waals surface area (Å²) in [6.07, 6.45) is -17.9. The number of hydrogen-bond acceptors (Lipinski definition) is 2. The quantitative estimate of drug-likeness (QED) is 0.112. The summed E-state index contributed by atoms with van der Waals surface area (Å²) in [7, 11) is 0. The molecule has 0 amide bonds. The highest BCUT2D eigenvalue weighted by Crippen LogP contribution is 2.51. The van der Waals surface area contributed by atoms with Gasteiger partial charge in [0, 0.05) is 65.5 Å². The second-order valence-electron chi connectivity index (χ2n) is 19.5. The van der Waals surface area contributed by atoms with E-state index < -0.39 is 188 Å². The first-order chi connectivity index (χ1) is 50.4. The number of pyridine rings is 1. The molecule has 0 radical (unpaired) electrons. The third-order valence-electron chi connectivity index (χ3n) is 13.5. The summed E-state index contributed by atoms with van der Waals surface area (Å²) in [5, 5.41) is 1.73. The minimum atomic E-state index is -4.83. The molecule has 5 heteroatoms. The first-order valence-corrected chi connectivity index (χ1v) is 23.6. The van der Waals surface area contributed by atoms with Crippen molar-refractivity contribution in [3.05, 3.63) is 198 Å². The van der Waals surface area contributed by atoms with Crippen LogP contribution in [0.4, 0.5) is 0 Å². The van der Waals surface area contributed by atoms with Crippen molar-refractivity contribution < 1.29 is 60.0 Å². The van der Waals surface area contributed by atoms with Gasteiger partial charge in [0.25, 0.3) is 6.33 Å². The van der Waals surface area contributed by atoms with Crippen LogP contribution in [0.25, 0.3) is 72.3 Å². The van der Waals surface area contributed by atoms with E-state index in [-0.39, 0.29) is 27.9 Å². The Hall–Kier alpha value is -7.24. The molecule has 0 spiro atoms. The van der Waals surface area contributed by atoms with Gasteiger partial charge in [-0.25, -0.2) is 4.98 Å². The monoisotopic (exact) mass is 1010 g/mol. The first kappa shape index (κ1) is 21.9. The van der Waals surface area contributed by atoms with Crippen LogP contribution in [0.5, 0.6) is 11.5 Å². The van der Waals surface area contributed by atoms with Gasteiger partial charge in [-0.2, -0.15) is 0 Å². The van der Waals surface area contributed by atoms with Gasteiger partial charge in [-0.1, -0.05) is 179 Å². The van der Waals surface area contributed by atoms with E-state index in [0.29, 0.717) is 24.0 Å². The molecule has 3 aromatic heterocycles. The molecule has 5 nitrogen and oxygen atoms in total. The van der Waals surface area contributed by atoms with Gasteiger partial charge in [-0.05, 0) is 158 Å². The maximum absolute atomic E-state index is 10.4. The number of rotatable bonds is 8. The zero-order valence-electron chi connectivity index (χ0n) is 77.3. The third-order valence-corrected chi connectivity index (χ3v) is 13.5. The lowest BCUT2D eigenvalue weighted by Gasteiger charge is -2.43. The maximum Gasteiger partial charge on any atom is 0.269 e. The van der Waals surface area contributed by atoms with Crippen LogP contribution >= 0.6 is 0 Å². The van der Waals surface area contributed by atoms with Crippen LogP contribution in [0, 0.1) is 6.33 Å². The Balaban J connectivity index is 1.25. The van der Waals surface area contributed by atoms with Crippen molar-refractivity contribution in [1.29, 1.82) is 0 Å². The van der Waals surface area contributed by atoms with Crippen molar-refractivity contribution in [3.63, 3.8) is 0 Å². The molecule has 3 heterocycles. The number of aromatic nitrogens is 4. The fourth-order valence-corrected chi connectivity index (χ4v) is 9.71. The fraction of sp³-hybridized carbons (Fsp3) is 0.304. The third kappa shape index (κ3) is 7.88. The largest absolute Gasteiger partial charge is 0.458 e. The van der Waals surface area contributed by atoms with Crippen LogP contribution in [0.3, 0.4) is 0 Å². The van der Waals surface area contributed by atoms with Crippen molar-refractivity contribution >= 4 is 32.8 Å². The lowest BCUT2D eigenvalue weighted by atomic mass is 9.61. The Kier molecular flexibility index (Phi) is 5.08. The zero-order chi connectivity index (χ0) is 83.2. The second kappa shape index (κ2) is 17.2. The fourth-order valence-electron chi connectivity index (χ4n) is 9.71. The Bertz CT molecular complexity index is 5250. The molecule has 7 aromatic carbocycles. The van der Waals surface area contributed by atoms with E-state index in [0.717, 1.165) is 44.6 Å². The highest BCUT2D eigenvalue weighted by atomic mass is 16.5. The van der Waals surface area contributed by atoms with Crippen LogP contribution in [0.2, 0.25) is 0 Å². The second-order valence-corrected chi connectivity index (χ2v) is 19.5. The lowest BCUT2D eigenvalue weighted by molar-refractivity contribution is -0.571. The Labute approximate surface area is 490 Å². The summed E-state index contributed by atoms with van der Waals surface area (Å²) >= 11 is 0. The van der Waals surface area contributed by atoms with Gasteiger partial charge in [-0.15, -0.1) is 0 Å². The standard InChI is InChI=1S/C69H70N4O/c1-12-69(11)37-36-68(9,10)58-40-46(28-32-56(58)69)52-23-18-22-51(45-27-31-55-57(39-45)67(7,8)35-34-66(55,5)6)64(52)72-44-71(60-25-15-16-26-61(60)72)48-19-17-20-49(42-48)74-50-29-30-54-53-21-13-14-24-59(53)73(62(54)43-50)63-41-47(33-38-70-63)65(2,3)4/h13-33,38-43H,12,34-37H2,1-11H3/i5D3,6D3,7D3,8D3,9D3,10D3,11D3,12D2,27D,28D,31D,32D,34D2,35D2,36D2,37D2,39D,40D. The number of fused-ring (bicyclic) bond motifs is 6. The SMILES string of the molecule is [2H]c1c([2H])c2c(c([2H])c1-c1cccc(-c3c([2H])c([2H])c4c(c3[2H])C(C([2H])([2H])[2H])(C([2H])([2H])[2H])C([2H])([2H])C([2H])([2H])C4(C([2H])([2H])[2H])C([2H])([2H])C)c1-[n+]1[c-]n(-c3cccc(Oc4ccc5c6ccccc6n(-c6cc(C(C)(C)C)ccn6)c5c4)c3)c3ccccc31)C(C([2H])([2H])[2H])(C([2H])([2H])[2H])C([2H])([2H])C([2H])([2H])C2(C([2H])([2H])[2H])C([2H])([2H])[2H]. The van der Waals surface area contributed by atoms with Crippen molar-refractivity contribution in [1.82, 2.24) is 14.1 Å². The minimum absolute atomic E-state index is 0.0743. The van der Waals surface area contributed by atoms with Gasteiger partial charge in [0.15, 0.2) is 0 Å². The first-order valence-electron chi connectivity index (χ1n) is 42.1. The van der Waals surface area contributed by atoms with Gasteiger partial charge >= 0.3 is 0 Å². The van der Waals surface area contributed by atoms with Gasteiger partial charge in [0.2, 0.25) is 0 Å². The highest BCUT2D eigenvalue weighted by molar-refractivity contribution is 6.09. The summed E-state index contributed by atoms with van der Waals surface area (Å²) in [5.74, 6) is 1.05. The zero-order valence-corrected chi connectivity index (χ0v) is 40.3. The van der Waals surface area contributed by atoms with Crippen LogP contribution in [0.1, 0.15) is 186 Å². The summed E-state index contributed by atoms with van der Waals surface area (Å²) in [4.78, 5) is 4.77. The number of nitrogens with zero attached hydrogens (tertiary/aromatic N) is 4. The predicted octanol–water partition coefficient (Wildman–Crippen LogP) is 17.7. The molecule has 0 saturated heterocycles. The van der Waals surface area contributed by atoms with E-state index in [1.165, 1.54) is 34.9 Å². The number of hydrogen-bond donors (Lipinski definition) is 0. The van der Waals surface area contributed by atoms with E-state index in [9.17, 15) is 21.9 Å². The molecule has 1 atom stereocenters. The molecule has 12 rings (SSSR count). The van der Waals surface area contributed by atoms with E-state index >= 15 is 0 Å². The molecule has 0 bridgehead atoms. The number of para-hydroxylation sites is 4. The average Bonchev–Trinajstić information content (AvgIpc) is 0.858. The molecule has 1 unspecified atom stereocenters. The minimum Gasteiger partial charge on any atom is -0.458 e. The van der Waals surface area contributed by atoms with Crippen molar-refractivity contribution in [3.8, 4) is 50.9 Å². The van der Waals surface area contributed by atoms with Gasteiger partial charge in [-0.3, -0.25) is 13.7 Å². The lowest BCUT2D eigenvalue weighted by Crippen LogP contribution is -2.35. The summed E-state index contributed by atoms with van der Waals surface area (Å²) in [6, 6.07) is 21.7. The predicted molar refractivity (Wildman–Crippen MR) is 307 cm³/mol. The molecule has 0 saturated carbocycles. The number of benzene rings is 7. The van der Waals surface area contributed by atoms with Crippen LogP contribution in [-0.4, -0.2) is 14.1 Å². The van der Waals surface area contributed by atoms with E-state index in [4.69, 9.17) is 38.5 Å². The average molecular weight is 1010 g/mol. The van der Waals surface area contributed by atoms with Crippen LogP contribution in [-0.2, 0) is 27.1 Å². The van der Waals surface area contributed by atoms with Gasteiger partial charge in [0.05, 0.1) is 41.7 Å². The molecule has 0 aliphatic heterocycles.